The number of nitrogen functional groups attached to an aromatic ring is 1. The Bertz CT molecular complexity index is 359. The van der Waals surface area contributed by atoms with Crippen LogP contribution in [0.4, 0.5) is 15.8 Å². The maximum Gasteiger partial charge on any atom is 0.148 e. The fraction of sp³-hybridized carbons (Fsp3) is 0.500. The van der Waals surface area contributed by atoms with Gasteiger partial charge < -0.3 is 11.1 Å². The average molecular weight is 208 g/mol. The van der Waals surface area contributed by atoms with Crippen molar-refractivity contribution in [3.05, 3.63) is 24.0 Å². The molecule has 2 rings (SSSR count). The highest BCUT2D eigenvalue weighted by atomic mass is 19.1. The molecule has 0 unspecified atom stereocenters. The largest absolute Gasteiger partial charge is 0.395 e. The highest BCUT2D eigenvalue weighted by molar-refractivity contribution is 5.66. The fourth-order valence-corrected chi connectivity index (χ4v) is 1.96. The standard InChI is InChI=1S/C12H17FN2/c1-12(6-3-7-12)8-15-10-5-2-4-9(13)11(10)14/h2,4-5,15H,3,6-8,14H2,1H3. The third-order valence-corrected chi connectivity index (χ3v) is 3.32. The maximum atomic E-state index is 13.1. The van der Waals surface area contributed by atoms with Crippen molar-refractivity contribution in [2.75, 3.05) is 17.6 Å². The molecule has 0 bridgehead atoms. The molecule has 1 aromatic rings. The van der Waals surface area contributed by atoms with Crippen LogP contribution < -0.4 is 11.1 Å². The zero-order valence-corrected chi connectivity index (χ0v) is 9.02. The summed E-state index contributed by atoms with van der Waals surface area (Å²) in [6, 6.07) is 4.88. The lowest BCUT2D eigenvalue weighted by Crippen LogP contribution is -2.33. The monoisotopic (exact) mass is 208 g/mol. The molecular weight excluding hydrogens is 191 g/mol. The molecule has 1 aliphatic rings. The zero-order chi connectivity index (χ0) is 10.9. The van der Waals surface area contributed by atoms with E-state index in [0.717, 1.165) is 6.54 Å². The summed E-state index contributed by atoms with van der Waals surface area (Å²) < 4.78 is 13.1. The minimum absolute atomic E-state index is 0.223. The highest BCUT2D eigenvalue weighted by Crippen LogP contribution is 2.40. The number of halogens is 1. The van der Waals surface area contributed by atoms with Gasteiger partial charge >= 0.3 is 0 Å². The highest BCUT2D eigenvalue weighted by Gasteiger charge is 2.31. The molecule has 82 valence electrons. The van der Waals surface area contributed by atoms with E-state index in [4.69, 9.17) is 5.73 Å². The Labute approximate surface area is 89.7 Å². The summed E-state index contributed by atoms with van der Waals surface area (Å²) in [5.74, 6) is -0.348. The van der Waals surface area contributed by atoms with Crippen molar-refractivity contribution >= 4 is 11.4 Å². The van der Waals surface area contributed by atoms with Gasteiger partial charge in [-0.1, -0.05) is 19.4 Å². The van der Waals surface area contributed by atoms with Crippen molar-refractivity contribution in [3.63, 3.8) is 0 Å². The van der Waals surface area contributed by atoms with E-state index in [-0.39, 0.29) is 11.5 Å². The van der Waals surface area contributed by atoms with Gasteiger partial charge in [0.1, 0.15) is 5.82 Å². The molecule has 0 spiro atoms. The van der Waals surface area contributed by atoms with Gasteiger partial charge in [0, 0.05) is 6.54 Å². The SMILES string of the molecule is CC1(CNc2cccc(F)c2N)CCC1. The van der Waals surface area contributed by atoms with E-state index in [1.807, 2.05) is 6.07 Å². The second kappa shape index (κ2) is 3.72. The molecule has 0 aliphatic heterocycles. The molecule has 1 aliphatic carbocycles. The summed E-state index contributed by atoms with van der Waals surface area (Å²) >= 11 is 0. The summed E-state index contributed by atoms with van der Waals surface area (Å²) in [6.45, 7) is 3.12. The van der Waals surface area contributed by atoms with Gasteiger partial charge in [0.15, 0.2) is 0 Å². The zero-order valence-electron chi connectivity index (χ0n) is 9.02. The number of para-hydroxylation sites is 1. The predicted molar refractivity (Wildman–Crippen MR) is 61.3 cm³/mol. The van der Waals surface area contributed by atoms with Gasteiger partial charge in [0.05, 0.1) is 11.4 Å². The molecule has 2 nitrogen and oxygen atoms in total. The normalized spacial score (nSPS) is 18.3. The molecular formula is C12H17FN2. The molecule has 0 saturated heterocycles. The van der Waals surface area contributed by atoms with Crippen LogP contribution >= 0.6 is 0 Å². The number of rotatable bonds is 3. The third-order valence-electron chi connectivity index (χ3n) is 3.32. The van der Waals surface area contributed by atoms with Gasteiger partial charge in [-0.05, 0) is 30.4 Å². The molecule has 3 N–H and O–H groups in total. The number of anilines is 2. The van der Waals surface area contributed by atoms with Gasteiger partial charge in [-0.15, -0.1) is 0 Å². The topological polar surface area (TPSA) is 38.0 Å². The average Bonchev–Trinajstić information content (AvgIpc) is 2.17. The summed E-state index contributed by atoms with van der Waals surface area (Å²) in [5.41, 5.74) is 6.94. The van der Waals surface area contributed by atoms with E-state index in [1.165, 1.54) is 25.3 Å². The minimum Gasteiger partial charge on any atom is -0.395 e. The molecule has 0 heterocycles. The fourth-order valence-electron chi connectivity index (χ4n) is 1.96. The predicted octanol–water partition coefficient (Wildman–Crippen LogP) is 3.01. The smallest absolute Gasteiger partial charge is 0.148 e. The van der Waals surface area contributed by atoms with Gasteiger partial charge in [-0.25, -0.2) is 4.39 Å². The van der Waals surface area contributed by atoms with E-state index in [2.05, 4.69) is 12.2 Å². The van der Waals surface area contributed by atoms with Crippen molar-refractivity contribution < 1.29 is 4.39 Å². The number of nitrogens with two attached hydrogens (primary N) is 1. The third kappa shape index (κ3) is 2.06. The van der Waals surface area contributed by atoms with Crippen LogP contribution in [0, 0.1) is 11.2 Å². The first-order chi connectivity index (χ1) is 7.11. The maximum absolute atomic E-state index is 13.1. The van der Waals surface area contributed by atoms with Crippen LogP contribution in [0.1, 0.15) is 26.2 Å². The summed E-state index contributed by atoms with van der Waals surface area (Å²) in [5, 5.41) is 3.23. The van der Waals surface area contributed by atoms with Gasteiger partial charge in [0.25, 0.3) is 0 Å². The summed E-state index contributed by atoms with van der Waals surface area (Å²) in [6.07, 6.45) is 3.79. The van der Waals surface area contributed by atoms with E-state index in [1.54, 1.807) is 6.07 Å². The molecule has 1 fully saturated rings. The van der Waals surface area contributed by atoms with Crippen LogP contribution in [0.3, 0.4) is 0 Å². The van der Waals surface area contributed by atoms with Gasteiger partial charge in [0.2, 0.25) is 0 Å². The van der Waals surface area contributed by atoms with Crippen molar-refractivity contribution in [1.82, 2.24) is 0 Å². The van der Waals surface area contributed by atoms with E-state index in [9.17, 15) is 4.39 Å². The Balaban J connectivity index is 2.01. The van der Waals surface area contributed by atoms with E-state index < -0.39 is 0 Å². The van der Waals surface area contributed by atoms with Crippen molar-refractivity contribution in [2.45, 2.75) is 26.2 Å². The van der Waals surface area contributed by atoms with E-state index >= 15 is 0 Å². The first-order valence-corrected chi connectivity index (χ1v) is 5.39. The van der Waals surface area contributed by atoms with Crippen LogP contribution in [-0.2, 0) is 0 Å². The lowest BCUT2D eigenvalue weighted by atomic mass is 9.70. The molecule has 0 atom stereocenters. The van der Waals surface area contributed by atoms with Crippen molar-refractivity contribution in [2.24, 2.45) is 5.41 Å². The lowest BCUT2D eigenvalue weighted by Gasteiger charge is -2.38. The van der Waals surface area contributed by atoms with Crippen LogP contribution in [0.2, 0.25) is 0 Å². The van der Waals surface area contributed by atoms with Crippen LogP contribution in [-0.4, -0.2) is 6.54 Å². The summed E-state index contributed by atoms with van der Waals surface area (Å²) in [7, 11) is 0. The molecule has 1 aromatic carbocycles. The first kappa shape index (κ1) is 10.3. The molecule has 0 radical (unpaired) electrons. The number of benzene rings is 1. The van der Waals surface area contributed by atoms with Crippen LogP contribution in [0.25, 0.3) is 0 Å². The van der Waals surface area contributed by atoms with Gasteiger partial charge in [-0.2, -0.15) is 0 Å². The molecule has 1 saturated carbocycles. The van der Waals surface area contributed by atoms with Crippen molar-refractivity contribution in [3.8, 4) is 0 Å². The van der Waals surface area contributed by atoms with Crippen LogP contribution in [0.15, 0.2) is 18.2 Å². The lowest BCUT2D eigenvalue weighted by molar-refractivity contribution is 0.180. The Kier molecular flexibility index (Phi) is 2.55. The Morgan fingerprint density at radius 2 is 2.20 bits per heavy atom. The Morgan fingerprint density at radius 3 is 2.80 bits per heavy atom. The molecule has 0 amide bonds. The van der Waals surface area contributed by atoms with Crippen LogP contribution in [0.5, 0.6) is 0 Å². The second-order valence-electron chi connectivity index (χ2n) is 4.72. The quantitative estimate of drug-likeness (QED) is 0.749. The molecule has 3 heteroatoms. The summed E-state index contributed by atoms with van der Waals surface area (Å²) in [4.78, 5) is 0. The Morgan fingerprint density at radius 1 is 1.47 bits per heavy atom. The minimum atomic E-state index is -0.348. The number of hydrogen-bond donors (Lipinski definition) is 2. The first-order valence-electron chi connectivity index (χ1n) is 5.39. The van der Waals surface area contributed by atoms with Crippen molar-refractivity contribution in [1.29, 1.82) is 0 Å². The molecule has 0 aromatic heterocycles. The van der Waals surface area contributed by atoms with Gasteiger partial charge in [-0.3, -0.25) is 0 Å². The number of nitrogens with one attached hydrogen (secondary N) is 1. The second-order valence-corrected chi connectivity index (χ2v) is 4.72. The molecule has 15 heavy (non-hydrogen) atoms. The Hall–Kier alpha value is -1.25. The van der Waals surface area contributed by atoms with E-state index in [0.29, 0.717) is 11.1 Å². The number of hydrogen-bond acceptors (Lipinski definition) is 2.